The van der Waals surface area contributed by atoms with Gasteiger partial charge in [0.25, 0.3) is 0 Å². The van der Waals surface area contributed by atoms with Crippen molar-refractivity contribution in [3.05, 3.63) is 0 Å². The monoisotopic (exact) mass is 472 g/mol. The minimum atomic E-state index is -2.51. The maximum Gasteiger partial charge on any atom is 0.500 e. The second kappa shape index (κ2) is 13.3. The molecule has 3 atom stereocenters. The molecule has 2 saturated carbocycles. The topological polar surface area (TPSA) is 54.0 Å². The van der Waals surface area contributed by atoms with E-state index in [0.717, 1.165) is 30.6 Å². The Morgan fingerprint density at radius 1 is 1.00 bits per heavy atom. The molecule has 0 aliphatic heterocycles. The first-order valence-corrected chi connectivity index (χ1v) is 16.7. The molecule has 0 aromatic heterocycles. The van der Waals surface area contributed by atoms with Crippen LogP contribution in [0.4, 0.5) is 0 Å². The smallest absolute Gasteiger partial charge is 0.378 e. The van der Waals surface area contributed by atoms with Crippen LogP contribution in [0.3, 0.4) is 0 Å². The van der Waals surface area contributed by atoms with E-state index in [-0.39, 0.29) is 11.9 Å². The van der Waals surface area contributed by atoms with Gasteiger partial charge in [0, 0.05) is 41.4 Å². The van der Waals surface area contributed by atoms with E-state index in [4.69, 9.17) is 17.5 Å². The third-order valence-electron chi connectivity index (χ3n) is 5.06. The fourth-order valence-corrected chi connectivity index (χ4v) is 11.7. The third-order valence-corrected chi connectivity index (χ3v) is 13.8. The van der Waals surface area contributed by atoms with E-state index < -0.39 is 8.80 Å². The number of fused-ring (bicyclic) bond motifs is 2. The van der Waals surface area contributed by atoms with Crippen molar-refractivity contribution in [2.24, 2.45) is 17.8 Å². The average Bonchev–Trinajstić information content (AvgIpc) is 3.28. The number of carbonyl (C=O) groups excluding carboxylic acids is 1. The quantitative estimate of drug-likeness (QED) is 0.124. The highest BCUT2D eigenvalue weighted by molar-refractivity contribution is 9.25. The predicted molar refractivity (Wildman–Crippen MR) is 120 cm³/mol. The molecular formula is C17H32O5S4Si. The highest BCUT2D eigenvalue weighted by Crippen LogP contribution is 2.50. The molecule has 27 heavy (non-hydrogen) atoms. The second-order valence-corrected chi connectivity index (χ2v) is 15.1. The van der Waals surface area contributed by atoms with Crippen molar-refractivity contribution in [1.82, 2.24) is 0 Å². The molecule has 0 radical (unpaired) electrons. The van der Waals surface area contributed by atoms with Gasteiger partial charge in [0.05, 0.1) is 5.92 Å². The highest BCUT2D eigenvalue weighted by Gasteiger charge is 2.44. The zero-order chi connectivity index (χ0) is 19.5. The van der Waals surface area contributed by atoms with Crippen molar-refractivity contribution in [1.29, 1.82) is 0 Å². The van der Waals surface area contributed by atoms with Crippen molar-refractivity contribution in [2.75, 3.05) is 25.6 Å². The maximum atomic E-state index is 12.2. The van der Waals surface area contributed by atoms with Crippen LogP contribution >= 0.6 is 41.5 Å². The van der Waals surface area contributed by atoms with Gasteiger partial charge in [-0.25, -0.2) is 0 Å². The Morgan fingerprint density at radius 3 is 2.26 bits per heavy atom. The number of hydrogen-bond acceptors (Lipinski definition) is 9. The molecule has 2 aliphatic rings. The van der Waals surface area contributed by atoms with Crippen LogP contribution in [0, 0.1) is 17.8 Å². The summed E-state index contributed by atoms with van der Waals surface area (Å²) in [6.07, 6.45) is 5.78. The molecule has 158 valence electrons. The van der Waals surface area contributed by atoms with E-state index in [1.807, 2.05) is 20.8 Å². The molecule has 0 aromatic rings. The second-order valence-electron chi connectivity index (χ2n) is 6.80. The van der Waals surface area contributed by atoms with Gasteiger partial charge in [-0.2, -0.15) is 0 Å². The molecule has 0 spiro atoms. The Labute approximate surface area is 180 Å². The molecule has 0 saturated heterocycles. The lowest BCUT2D eigenvalue weighted by molar-refractivity contribution is -0.139. The normalized spacial score (nSPS) is 24.5. The molecule has 5 nitrogen and oxygen atoms in total. The van der Waals surface area contributed by atoms with Crippen LogP contribution in [-0.2, 0) is 22.3 Å². The van der Waals surface area contributed by atoms with Crippen LogP contribution in [0.1, 0.15) is 52.9 Å². The minimum absolute atomic E-state index is 0.00812. The number of hydrogen-bond donors (Lipinski definition) is 0. The van der Waals surface area contributed by atoms with E-state index >= 15 is 0 Å². The van der Waals surface area contributed by atoms with Crippen molar-refractivity contribution in [3.63, 3.8) is 0 Å². The van der Waals surface area contributed by atoms with Crippen LogP contribution in [0.15, 0.2) is 0 Å². The minimum Gasteiger partial charge on any atom is -0.378 e. The van der Waals surface area contributed by atoms with E-state index in [2.05, 4.69) is 0 Å². The van der Waals surface area contributed by atoms with E-state index in [0.29, 0.717) is 25.7 Å². The van der Waals surface area contributed by atoms with Gasteiger partial charge < -0.3 is 17.5 Å². The maximum absolute atomic E-state index is 12.2. The summed E-state index contributed by atoms with van der Waals surface area (Å²) in [5.41, 5.74) is 0. The lowest BCUT2D eigenvalue weighted by atomic mass is 9.89. The van der Waals surface area contributed by atoms with Crippen LogP contribution < -0.4 is 0 Å². The SMILES string of the molecule is CCO[Si](CCCSSSSOC(=O)C1CC2CCC1C2)(OCC)OCC. The zero-order valence-corrected chi connectivity index (χ0v) is 20.7. The molecule has 2 aliphatic carbocycles. The van der Waals surface area contributed by atoms with Gasteiger partial charge in [-0.3, -0.25) is 4.79 Å². The predicted octanol–water partition coefficient (Wildman–Crippen LogP) is 6.00. The zero-order valence-electron chi connectivity index (χ0n) is 16.5. The Kier molecular flexibility index (Phi) is 11.9. The Balaban J connectivity index is 1.51. The van der Waals surface area contributed by atoms with Gasteiger partial charge in [0.1, 0.15) is 11.1 Å². The summed E-state index contributed by atoms with van der Waals surface area (Å²) in [6.45, 7) is 7.81. The average molecular weight is 473 g/mol. The lowest BCUT2D eigenvalue weighted by Gasteiger charge is -2.28. The van der Waals surface area contributed by atoms with E-state index in [1.54, 1.807) is 20.6 Å². The first kappa shape index (κ1) is 24.2. The first-order valence-electron chi connectivity index (χ1n) is 9.89. The Morgan fingerprint density at radius 2 is 1.70 bits per heavy atom. The number of carbonyl (C=O) groups is 1. The summed E-state index contributed by atoms with van der Waals surface area (Å²) in [5.74, 6) is 2.49. The fraction of sp³-hybridized carbons (Fsp3) is 0.941. The highest BCUT2D eigenvalue weighted by atomic mass is 33.7. The molecule has 0 aromatic carbocycles. The van der Waals surface area contributed by atoms with Gasteiger partial charge in [-0.15, -0.1) is 0 Å². The third kappa shape index (κ3) is 7.96. The molecule has 2 fully saturated rings. The van der Waals surface area contributed by atoms with Crippen molar-refractivity contribution in [2.45, 2.75) is 58.9 Å². The first-order chi connectivity index (χ1) is 13.1. The fourth-order valence-electron chi connectivity index (χ4n) is 4.06. The van der Waals surface area contributed by atoms with Crippen LogP contribution in [0.2, 0.25) is 6.04 Å². The summed E-state index contributed by atoms with van der Waals surface area (Å²) in [4.78, 5) is 12.2. The van der Waals surface area contributed by atoms with Crippen LogP contribution in [-0.4, -0.2) is 40.3 Å². The molecule has 2 rings (SSSR count). The van der Waals surface area contributed by atoms with Gasteiger partial charge >= 0.3 is 14.8 Å². The molecule has 2 bridgehead atoms. The Hall–Kier alpha value is 0.967. The van der Waals surface area contributed by atoms with Crippen molar-refractivity contribution < 1.29 is 22.3 Å². The summed E-state index contributed by atoms with van der Waals surface area (Å²) in [6, 6.07) is 0.840. The van der Waals surface area contributed by atoms with Crippen molar-refractivity contribution in [3.8, 4) is 0 Å². The van der Waals surface area contributed by atoms with Crippen LogP contribution in [0.25, 0.3) is 0 Å². The van der Waals surface area contributed by atoms with E-state index in [9.17, 15) is 4.79 Å². The molecule has 3 unspecified atom stereocenters. The van der Waals surface area contributed by atoms with Crippen molar-refractivity contribution >= 4 is 56.3 Å². The number of rotatable bonds is 15. The largest absolute Gasteiger partial charge is 0.500 e. The van der Waals surface area contributed by atoms with Crippen LogP contribution in [0.5, 0.6) is 0 Å². The van der Waals surface area contributed by atoms with Gasteiger partial charge in [-0.05, 0) is 68.1 Å². The van der Waals surface area contributed by atoms with Gasteiger partial charge in [0.2, 0.25) is 0 Å². The van der Waals surface area contributed by atoms with Gasteiger partial charge in [0.15, 0.2) is 0 Å². The van der Waals surface area contributed by atoms with E-state index in [1.165, 1.54) is 40.2 Å². The standard InChI is InChI=1S/C17H32O5S4Si/c1-4-19-27(20-5-2,21-6-3)11-7-10-23-25-26-24-22-17(18)16-13-14-8-9-15(16)12-14/h14-16H,4-13H2,1-3H3. The summed E-state index contributed by atoms with van der Waals surface area (Å²) >= 11 is 1.21. The summed E-state index contributed by atoms with van der Waals surface area (Å²) in [5, 5.41) is 0. The lowest BCUT2D eigenvalue weighted by Crippen LogP contribution is -2.46. The summed E-state index contributed by atoms with van der Waals surface area (Å²) in [7, 11) is 2.43. The molecule has 0 heterocycles. The molecule has 10 heteroatoms. The molecule has 0 N–H and O–H groups in total. The molecule has 0 amide bonds. The van der Waals surface area contributed by atoms with Gasteiger partial charge in [-0.1, -0.05) is 17.2 Å². The Bertz CT molecular complexity index is 429. The summed E-state index contributed by atoms with van der Waals surface area (Å²) < 4.78 is 23.0. The molecular weight excluding hydrogens is 441 g/mol.